The Hall–Kier alpha value is -1.33. The van der Waals surface area contributed by atoms with Crippen LogP contribution in [0.15, 0.2) is 18.2 Å². The lowest BCUT2D eigenvalue weighted by Crippen LogP contribution is -2.21. The summed E-state index contributed by atoms with van der Waals surface area (Å²) in [7, 11) is 0. The van der Waals surface area contributed by atoms with E-state index in [0.717, 1.165) is 24.9 Å². The minimum Gasteiger partial charge on any atom is -0.310 e. The van der Waals surface area contributed by atoms with Crippen LogP contribution in [0, 0.1) is 24.6 Å². The molecule has 1 nitrogen and oxygen atoms in total. The van der Waals surface area contributed by atoms with Gasteiger partial charge < -0.3 is 5.32 Å². The van der Waals surface area contributed by atoms with Crippen molar-refractivity contribution >= 4 is 0 Å². The van der Waals surface area contributed by atoms with Crippen LogP contribution in [-0.4, -0.2) is 6.54 Å². The van der Waals surface area contributed by atoms with E-state index in [9.17, 15) is 4.39 Å². The minimum atomic E-state index is -0.171. The highest BCUT2D eigenvalue weighted by Crippen LogP contribution is 2.22. The van der Waals surface area contributed by atoms with Gasteiger partial charge in [-0.3, -0.25) is 0 Å². The molecule has 0 bridgehead atoms. The molecule has 17 heavy (non-hydrogen) atoms. The summed E-state index contributed by atoms with van der Waals surface area (Å²) in [5.74, 6) is 5.80. The largest absolute Gasteiger partial charge is 0.310 e. The molecule has 1 aromatic carbocycles. The van der Waals surface area contributed by atoms with E-state index in [-0.39, 0.29) is 11.9 Å². The summed E-state index contributed by atoms with van der Waals surface area (Å²) in [6.45, 7) is 6.79. The number of aryl methyl sites for hydroxylation is 1. The van der Waals surface area contributed by atoms with E-state index in [2.05, 4.69) is 24.1 Å². The first kappa shape index (κ1) is 13.7. The van der Waals surface area contributed by atoms with Gasteiger partial charge in [0.25, 0.3) is 0 Å². The van der Waals surface area contributed by atoms with Crippen molar-refractivity contribution in [3.63, 3.8) is 0 Å². The zero-order valence-electron chi connectivity index (χ0n) is 10.8. The van der Waals surface area contributed by atoms with Gasteiger partial charge in [0.1, 0.15) is 5.82 Å². The normalized spacial score (nSPS) is 11.8. The van der Waals surface area contributed by atoms with Crippen LogP contribution in [0.5, 0.6) is 0 Å². The lowest BCUT2D eigenvalue weighted by Gasteiger charge is -2.19. The van der Waals surface area contributed by atoms with Gasteiger partial charge in [0.15, 0.2) is 0 Å². The van der Waals surface area contributed by atoms with Gasteiger partial charge >= 0.3 is 0 Å². The van der Waals surface area contributed by atoms with E-state index in [1.165, 1.54) is 11.6 Å². The average molecular weight is 233 g/mol. The molecule has 0 spiro atoms. The Balaban J connectivity index is 2.83. The lowest BCUT2D eigenvalue weighted by molar-refractivity contribution is 0.518. The van der Waals surface area contributed by atoms with Crippen molar-refractivity contribution < 1.29 is 4.39 Å². The first-order valence-electron chi connectivity index (χ1n) is 6.08. The number of hydrogen-bond acceptors (Lipinski definition) is 1. The molecule has 92 valence electrons. The predicted octanol–water partition coefficient (Wildman–Crippen LogP) is 3.59. The Morgan fingerprint density at radius 1 is 1.41 bits per heavy atom. The molecule has 0 saturated heterocycles. The molecular weight excluding hydrogens is 213 g/mol. The molecule has 0 aliphatic heterocycles. The van der Waals surface area contributed by atoms with Gasteiger partial charge in [0.2, 0.25) is 0 Å². The summed E-state index contributed by atoms with van der Waals surface area (Å²) in [6, 6.07) is 5.25. The van der Waals surface area contributed by atoms with Gasteiger partial charge in [-0.05, 0) is 50.1 Å². The van der Waals surface area contributed by atoms with E-state index in [0.29, 0.717) is 0 Å². The van der Waals surface area contributed by atoms with Gasteiger partial charge in [0.05, 0.1) is 0 Å². The molecule has 1 N–H and O–H groups in total. The molecule has 0 saturated carbocycles. The van der Waals surface area contributed by atoms with Crippen LogP contribution in [0.3, 0.4) is 0 Å². The van der Waals surface area contributed by atoms with E-state index >= 15 is 0 Å². The van der Waals surface area contributed by atoms with Crippen molar-refractivity contribution in [3.05, 3.63) is 35.1 Å². The summed E-state index contributed by atoms with van der Waals surface area (Å²) in [5.41, 5.74) is 2.17. The van der Waals surface area contributed by atoms with Crippen LogP contribution in [0.25, 0.3) is 0 Å². The number of nitrogens with one attached hydrogen (secondary N) is 1. The highest BCUT2D eigenvalue weighted by Gasteiger charge is 2.12. The molecular formula is C15H20FN. The first-order valence-corrected chi connectivity index (χ1v) is 6.08. The van der Waals surface area contributed by atoms with Crippen LogP contribution in [0.4, 0.5) is 4.39 Å². The number of halogens is 1. The van der Waals surface area contributed by atoms with Gasteiger partial charge in [0, 0.05) is 12.5 Å². The maximum atomic E-state index is 13.1. The number of rotatable bonds is 5. The summed E-state index contributed by atoms with van der Waals surface area (Å²) in [4.78, 5) is 0. The second-order valence-corrected chi connectivity index (χ2v) is 4.08. The van der Waals surface area contributed by atoms with Crippen molar-refractivity contribution in [2.75, 3.05) is 6.54 Å². The molecule has 0 radical (unpaired) electrons. The van der Waals surface area contributed by atoms with Crippen molar-refractivity contribution in [3.8, 4) is 11.8 Å². The Kier molecular flexibility index (Phi) is 5.72. The third kappa shape index (κ3) is 4.20. The highest BCUT2D eigenvalue weighted by molar-refractivity contribution is 5.29. The second kappa shape index (κ2) is 7.09. The van der Waals surface area contributed by atoms with Crippen LogP contribution in [0.1, 0.15) is 43.9 Å². The van der Waals surface area contributed by atoms with Crippen molar-refractivity contribution in [2.24, 2.45) is 0 Å². The fourth-order valence-electron chi connectivity index (χ4n) is 1.99. The zero-order valence-corrected chi connectivity index (χ0v) is 10.8. The smallest absolute Gasteiger partial charge is 0.123 e. The highest BCUT2D eigenvalue weighted by atomic mass is 19.1. The molecule has 0 aromatic heterocycles. The minimum absolute atomic E-state index is 0.171. The SMILES string of the molecule is CC#CCCC(NCC)c1ccc(F)cc1C. The van der Waals surface area contributed by atoms with Crippen LogP contribution < -0.4 is 5.32 Å². The quantitative estimate of drug-likeness (QED) is 0.766. The monoisotopic (exact) mass is 233 g/mol. The molecule has 0 heterocycles. The van der Waals surface area contributed by atoms with Gasteiger partial charge in [-0.15, -0.1) is 11.8 Å². The molecule has 0 fully saturated rings. The Bertz CT molecular complexity index is 415. The standard InChI is InChI=1S/C15H20FN/c1-4-6-7-8-15(17-5-2)14-10-9-13(16)11-12(14)3/h9-11,15,17H,5,7-8H2,1-3H3. The molecule has 1 rings (SSSR count). The van der Waals surface area contributed by atoms with Gasteiger partial charge in [-0.1, -0.05) is 13.0 Å². The summed E-state index contributed by atoms with van der Waals surface area (Å²) in [5, 5.41) is 3.43. The summed E-state index contributed by atoms with van der Waals surface area (Å²) >= 11 is 0. The van der Waals surface area contributed by atoms with E-state index in [1.807, 2.05) is 19.9 Å². The van der Waals surface area contributed by atoms with E-state index in [1.54, 1.807) is 6.07 Å². The summed E-state index contributed by atoms with van der Waals surface area (Å²) in [6.07, 6.45) is 1.83. The Morgan fingerprint density at radius 2 is 2.18 bits per heavy atom. The van der Waals surface area contributed by atoms with Crippen molar-refractivity contribution in [1.82, 2.24) is 5.32 Å². The lowest BCUT2D eigenvalue weighted by atomic mass is 9.97. The van der Waals surface area contributed by atoms with Gasteiger partial charge in [-0.25, -0.2) is 4.39 Å². The average Bonchev–Trinajstić information content (AvgIpc) is 2.28. The maximum absolute atomic E-state index is 13.1. The fourth-order valence-corrected chi connectivity index (χ4v) is 1.99. The predicted molar refractivity (Wildman–Crippen MR) is 70.2 cm³/mol. The van der Waals surface area contributed by atoms with E-state index in [4.69, 9.17) is 0 Å². The first-order chi connectivity index (χ1) is 8.19. The van der Waals surface area contributed by atoms with Crippen molar-refractivity contribution in [2.45, 2.75) is 39.7 Å². The molecule has 1 aromatic rings. The third-order valence-corrected chi connectivity index (χ3v) is 2.79. The third-order valence-electron chi connectivity index (χ3n) is 2.79. The molecule has 1 atom stereocenters. The van der Waals surface area contributed by atoms with Gasteiger partial charge in [-0.2, -0.15) is 0 Å². The zero-order chi connectivity index (χ0) is 12.7. The molecule has 0 aliphatic carbocycles. The topological polar surface area (TPSA) is 12.0 Å². The van der Waals surface area contributed by atoms with Crippen LogP contribution in [0.2, 0.25) is 0 Å². The van der Waals surface area contributed by atoms with E-state index < -0.39 is 0 Å². The maximum Gasteiger partial charge on any atom is 0.123 e. The molecule has 0 amide bonds. The summed E-state index contributed by atoms with van der Waals surface area (Å²) < 4.78 is 13.1. The Morgan fingerprint density at radius 3 is 2.76 bits per heavy atom. The Labute approximate surface area is 103 Å². The second-order valence-electron chi connectivity index (χ2n) is 4.08. The molecule has 0 aliphatic rings. The molecule has 2 heteroatoms. The van der Waals surface area contributed by atoms with Crippen LogP contribution in [-0.2, 0) is 0 Å². The van der Waals surface area contributed by atoms with Crippen molar-refractivity contribution in [1.29, 1.82) is 0 Å². The number of benzene rings is 1. The fraction of sp³-hybridized carbons (Fsp3) is 0.467. The van der Waals surface area contributed by atoms with Crippen LogP contribution >= 0.6 is 0 Å². The molecule has 1 unspecified atom stereocenters. The number of hydrogen-bond donors (Lipinski definition) is 1.